The second kappa shape index (κ2) is 12.1. The molecular formula is C19H38N4O2. The van der Waals surface area contributed by atoms with E-state index in [1.165, 1.54) is 25.7 Å². The van der Waals surface area contributed by atoms with Crippen LogP contribution in [0.4, 0.5) is 0 Å². The Hall–Kier alpha value is -1.30. The molecule has 1 aliphatic rings. The standard InChI is InChI=1S/C19H38N4O2/c1-5-20-18(22-13-12-21-17(24)16(3)4)23-15-19(9-7-8-10-19)11-14-25-6-2/h16H,5-15H2,1-4H3,(H,21,24)(H2,20,22,23). The fourth-order valence-electron chi connectivity index (χ4n) is 3.20. The molecular weight excluding hydrogens is 316 g/mol. The van der Waals surface area contributed by atoms with Gasteiger partial charge >= 0.3 is 0 Å². The van der Waals surface area contributed by atoms with Gasteiger partial charge in [-0.2, -0.15) is 0 Å². The van der Waals surface area contributed by atoms with Crippen molar-refractivity contribution < 1.29 is 9.53 Å². The molecule has 25 heavy (non-hydrogen) atoms. The van der Waals surface area contributed by atoms with Crippen LogP contribution in [0.15, 0.2) is 4.99 Å². The summed E-state index contributed by atoms with van der Waals surface area (Å²) in [7, 11) is 0. The van der Waals surface area contributed by atoms with Crippen LogP contribution >= 0.6 is 0 Å². The Kier molecular flexibility index (Phi) is 10.5. The maximum atomic E-state index is 11.6. The quantitative estimate of drug-likeness (QED) is 0.302. The van der Waals surface area contributed by atoms with Crippen molar-refractivity contribution >= 4 is 11.9 Å². The predicted molar refractivity (Wildman–Crippen MR) is 104 cm³/mol. The molecule has 1 rings (SSSR count). The van der Waals surface area contributed by atoms with Gasteiger partial charge < -0.3 is 20.7 Å². The first-order chi connectivity index (χ1) is 12.0. The van der Waals surface area contributed by atoms with Crippen molar-refractivity contribution in [3.05, 3.63) is 0 Å². The molecule has 0 aromatic carbocycles. The Labute approximate surface area is 153 Å². The lowest BCUT2D eigenvalue weighted by atomic mass is 9.83. The van der Waals surface area contributed by atoms with E-state index in [0.29, 0.717) is 18.5 Å². The van der Waals surface area contributed by atoms with Crippen LogP contribution in [0, 0.1) is 11.3 Å². The normalized spacial score (nSPS) is 16.9. The van der Waals surface area contributed by atoms with Crippen LogP contribution in [0.2, 0.25) is 0 Å². The maximum absolute atomic E-state index is 11.6. The van der Waals surface area contributed by atoms with E-state index in [1.807, 2.05) is 20.8 Å². The van der Waals surface area contributed by atoms with E-state index in [4.69, 9.17) is 9.73 Å². The molecule has 1 fully saturated rings. The molecule has 0 atom stereocenters. The highest BCUT2D eigenvalue weighted by Crippen LogP contribution is 2.41. The molecule has 1 saturated carbocycles. The average Bonchev–Trinajstić information content (AvgIpc) is 3.05. The molecule has 0 saturated heterocycles. The van der Waals surface area contributed by atoms with Gasteiger partial charge in [-0.05, 0) is 38.5 Å². The van der Waals surface area contributed by atoms with Gasteiger partial charge in [-0.25, -0.2) is 0 Å². The third-order valence-corrected chi connectivity index (χ3v) is 4.80. The number of carbonyl (C=O) groups excluding carboxylic acids is 1. The fraction of sp³-hybridized carbons (Fsp3) is 0.895. The van der Waals surface area contributed by atoms with E-state index in [2.05, 4.69) is 22.9 Å². The van der Waals surface area contributed by atoms with Crippen molar-refractivity contribution in [3.8, 4) is 0 Å². The number of carbonyl (C=O) groups is 1. The Bertz CT molecular complexity index is 404. The largest absolute Gasteiger partial charge is 0.382 e. The predicted octanol–water partition coefficient (Wildman–Crippen LogP) is 2.30. The monoisotopic (exact) mass is 354 g/mol. The SMILES string of the molecule is CCNC(=NCC1(CCOCC)CCCC1)NCCNC(=O)C(C)C. The van der Waals surface area contributed by atoms with Gasteiger partial charge in [0.1, 0.15) is 0 Å². The molecule has 0 unspecified atom stereocenters. The van der Waals surface area contributed by atoms with Crippen molar-refractivity contribution in [2.24, 2.45) is 16.3 Å². The summed E-state index contributed by atoms with van der Waals surface area (Å²) in [5.74, 6) is 0.947. The molecule has 0 heterocycles. The van der Waals surface area contributed by atoms with Gasteiger partial charge in [0, 0.05) is 45.3 Å². The Balaban J connectivity index is 2.47. The second-order valence-corrected chi connectivity index (χ2v) is 7.22. The van der Waals surface area contributed by atoms with Gasteiger partial charge in [-0.1, -0.05) is 26.7 Å². The van der Waals surface area contributed by atoms with E-state index in [0.717, 1.165) is 38.7 Å². The topological polar surface area (TPSA) is 74.8 Å². The van der Waals surface area contributed by atoms with E-state index in [-0.39, 0.29) is 11.8 Å². The molecule has 3 N–H and O–H groups in total. The molecule has 6 heteroatoms. The van der Waals surface area contributed by atoms with Crippen molar-refractivity contribution in [2.45, 2.75) is 59.8 Å². The van der Waals surface area contributed by atoms with Crippen molar-refractivity contribution in [1.82, 2.24) is 16.0 Å². The smallest absolute Gasteiger partial charge is 0.222 e. The first-order valence-electron chi connectivity index (χ1n) is 9.90. The summed E-state index contributed by atoms with van der Waals surface area (Å²) in [5.41, 5.74) is 0.295. The molecule has 6 nitrogen and oxygen atoms in total. The van der Waals surface area contributed by atoms with Gasteiger partial charge in [0.25, 0.3) is 0 Å². The van der Waals surface area contributed by atoms with Crippen LogP contribution < -0.4 is 16.0 Å². The molecule has 1 amide bonds. The molecule has 146 valence electrons. The summed E-state index contributed by atoms with van der Waals surface area (Å²) in [6.45, 7) is 12.5. The number of hydrogen-bond donors (Lipinski definition) is 3. The number of nitrogens with one attached hydrogen (secondary N) is 3. The summed E-state index contributed by atoms with van der Waals surface area (Å²) in [4.78, 5) is 16.4. The average molecular weight is 355 g/mol. The van der Waals surface area contributed by atoms with E-state index in [9.17, 15) is 4.79 Å². The van der Waals surface area contributed by atoms with Crippen LogP contribution in [0.5, 0.6) is 0 Å². The first-order valence-corrected chi connectivity index (χ1v) is 9.90. The zero-order valence-electron chi connectivity index (χ0n) is 16.6. The van der Waals surface area contributed by atoms with Gasteiger partial charge in [0.05, 0.1) is 0 Å². The third-order valence-electron chi connectivity index (χ3n) is 4.80. The molecule has 0 radical (unpaired) electrons. The summed E-state index contributed by atoms with van der Waals surface area (Å²) in [6, 6.07) is 0. The Morgan fingerprint density at radius 1 is 1.12 bits per heavy atom. The number of aliphatic imine (C=N–C) groups is 1. The summed E-state index contributed by atoms with van der Waals surface area (Å²) in [6.07, 6.45) is 6.18. The van der Waals surface area contributed by atoms with Crippen LogP contribution in [-0.2, 0) is 9.53 Å². The van der Waals surface area contributed by atoms with Crippen molar-refractivity contribution in [2.75, 3.05) is 39.4 Å². The lowest BCUT2D eigenvalue weighted by Crippen LogP contribution is -2.42. The van der Waals surface area contributed by atoms with E-state index < -0.39 is 0 Å². The second-order valence-electron chi connectivity index (χ2n) is 7.22. The maximum Gasteiger partial charge on any atom is 0.222 e. The number of nitrogens with zero attached hydrogens (tertiary/aromatic N) is 1. The highest BCUT2D eigenvalue weighted by Gasteiger charge is 2.33. The zero-order chi connectivity index (χ0) is 18.5. The third kappa shape index (κ3) is 8.56. The highest BCUT2D eigenvalue weighted by atomic mass is 16.5. The molecule has 1 aliphatic carbocycles. The minimum Gasteiger partial charge on any atom is -0.382 e. The highest BCUT2D eigenvalue weighted by molar-refractivity contribution is 5.80. The summed E-state index contributed by atoms with van der Waals surface area (Å²) in [5, 5.41) is 9.53. The molecule has 0 bridgehead atoms. The molecule has 0 aromatic rings. The van der Waals surface area contributed by atoms with Gasteiger partial charge in [-0.3, -0.25) is 9.79 Å². The number of guanidine groups is 1. The molecule has 0 spiro atoms. The zero-order valence-corrected chi connectivity index (χ0v) is 16.6. The number of rotatable bonds is 11. The Morgan fingerprint density at radius 3 is 2.40 bits per heavy atom. The van der Waals surface area contributed by atoms with Crippen molar-refractivity contribution in [1.29, 1.82) is 0 Å². The van der Waals surface area contributed by atoms with Gasteiger partial charge in [0.15, 0.2) is 5.96 Å². The van der Waals surface area contributed by atoms with Crippen LogP contribution in [0.25, 0.3) is 0 Å². The Morgan fingerprint density at radius 2 is 1.80 bits per heavy atom. The fourth-order valence-corrected chi connectivity index (χ4v) is 3.20. The van der Waals surface area contributed by atoms with Crippen LogP contribution in [0.3, 0.4) is 0 Å². The van der Waals surface area contributed by atoms with Gasteiger partial charge in [-0.15, -0.1) is 0 Å². The van der Waals surface area contributed by atoms with Gasteiger partial charge in [0.2, 0.25) is 5.91 Å². The lowest BCUT2D eigenvalue weighted by Gasteiger charge is -2.27. The minimum atomic E-state index is 0.0227. The number of ether oxygens (including phenoxy) is 1. The van der Waals surface area contributed by atoms with Crippen LogP contribution in [0.1, 0.15) is 59.8 Å². The van der Waals surface area contributed by atoms with Crippen molar-refractivity contribution in [3.63, 3.8) is 0 Å². The molecule has 0 aliphatic heterocycles. The first kappa shape index (κ1) is 21.7. The van der Waals surface area contributed by atoms with E-state index >= 15 is 0 Å². The minimum absolute atomic E-state index is 0.0227. The number of amides is 1. The molecule has 0 aromatic heterocycles. The lowest BCUT2D eigenvalue weighted by molar-refractivity contribution is -0.123. The number of hydrogen-bond acceptors (Lipinski definition) is 3. The van der Waals surface area contributed by atoms with Crippen LogP contribution in [-0.4, -0.2) is 51.3 Å². The van der Waals surface area contributed by atoms with E-state index in [1.54, 1.807) is 0 Å². The summed E-state index contributed by atoms with van der Waals surface area (Å²) >= 11 is 0. The summed E-state index contributed by atoms with van der Waals surface area (Å²) < 4.78 is 5.58.